The number of carbonyl (C=O) groups excluding carboxylic acids is 2. The summed E-state index contributed by atoms with van der Waals surface area (Å²) in [5.41, 5.74) is 1.22. The lowest BCUT2D eigenvalue weighted by Gasteiger charge is -2.14. The van der Waals surface area contributed by atoms with Crippen molar-refractivity contribution in [3.8, 4) is 23.4 Å². The third-order valence-corrected chi connectivity index (χ3v) is 4.19. The average molecular weight is 505 g/mol. The van der Waals surface area contributed by atoms with Crippen LogP contribution in [-0.4, -0.2) is 34.8 Å². The van der Waals surface area contributed by atoms with E-state index in [0.29, 0.717) is 12.3 Å². The Kier molecular flexibility index (Phi) is 8.33. The molecule has 2 aromatic carbocycles. The lowest BCUT2D eigenvalue weighted by Crippen LogP contribution is -2.34. The van der Waals surface area contributed by atoms with Crippen molar-refractivity contribution in [3.63, 3.8) is 0 Å². The van der Waals surface area contributed by atoms with E-state index >= 15 is 0 Å². The number of alkyl halides is 3. The summed E-state index contributed by atoms with van der Waals surface area (Å²) in [4.78, 5) is 23.4. The monoisotopic (exact) mass is 504 g/mol. The van der Waals surface area contributed by atoms with Crippen LogP contribution in [0.3, 0.4) is 0 Å². The van der Waals surface area contributed by atoms with Crippen LogP contribution in [-0.2, 0) is 15.7 Å². The summed E-state index contributed by atoms with van der Waals surface area (Å²) in [5.74, 6) is -2.53. The molecule has 0 saturated heterocycles. The zero-order chi connectivity index (χ0) is 24.8. The van der Waals surface area contributed by atoms with Gasteiger partial charge < -0.3 is 14.6 Å². The maximum absolute atomic E-state index is 12.9. The Morgan fingerprint density at radius 1 is 1.27 bits per heavy atom. The summed E-state index contributed by atoms with van der Waals surface area (Å²) >= 11 is 12.2. The fraction of sp³-hybridized carbons (Fsp3) is 0.158. The number of imide groups is 1. The van der Waals surface area contributed by atoms with Gasteiger partial charge in [0.1, 0.15) is 23.3 Å². The zero-order valence-corrected chi connectivity index (χ0v) is 18.0. The molecule has 0 aliphatic carbocycles. The molecule has 0 saturated carbocycles. The number of amides is 2. The Morgan fingerprint density at radius 2 is 1.91 bits per heavy atom. The van der Waals surface area contributed by atoms with Crippen molar-refractivity contribution in [1.29, 1.82) is 5.26 Å². The number of nitriles is 1. The van der Waals surface area contributed by atoms with Crippen molar-refractivity contribution in [2.75, 3.05) is 12.0 Å². The van der Waals surface area contributed by atoms with Gasteiger partial charge >= 0.3 is 12.3 Å². The molecule has 2 N–H and O–H groups in total. The highest BCUT2D eigenvalue weighted by Gasteiger charge is 2.34. The summed E-state index contributed by atoms with van der Waals surface area (Å²) in [7, 11) is 0. The molecular weight excluding hydrogens is 492 g/mol. The van der Waals surface area contributed by atoms with Gasteiger partial charge in [-0.05, 0) is 37.3 Å². The van der Waals surface area contributed by atoms with Gasteiger partial charge in [-0.1, -0.05) is 23.2 Å². The van der Waals surface area contributed by atoms with Crippen molar-refractivity contribution in [3.05, 3.63) is 45.9 Å². The van der Waals surface area contributed by atoms with Gasteiger partial charge in [-0.15, -0.1) is 4.90 Å². The number of phenolic OH excluding ortho intramolecular Hbond substituents is 1. The average Bonchev–Trinajstić information content (AvgIpc) is 2.72. The zero-order valence-electron chi connectivity index (χ0n) is 16.5. The van der Waals surface area contributed by atoms with Gasteiger partial charge in [0.25, 0.3) is 5.91 Å². The van der Waals surface area contributed by atoms with Crippen molar-refractivity contribution in [1.82, 2.24) is 4.90 Å². The molecule has 2 aromatic rings. The molecule has 0 unspecified atom stereocenters. The van der Waals surface area contributed by atoms with E-state index in [1.807, 2.05) is 0 Å². The molecule has 174 valence electrons. The normalized spacial score (nSPS) is 11.1. The number of phenols is 1. The predicted octanol–water partition coefficient (Wildman–Crippen LogP) is 5.37. The summed E-state index contributed by atoms with van der Waals surface area (Å²) in [6, 6.07) is 4.95. The van der Waals surface area contributed by atoms with Crippen molar-refractivity contribution in [2.45, 2.75) is 13.1 Å². The number of anilines is 1. The van der Waals surface area contributed by atoms with E-state index in [1.54, 1.807) is 0 Å². The molecule has 2 amide bonds. The predicted molar refractivity (Wildman–Crippen MR) is 111 cm³/mol. The third kappa shape index (κ3) is 6.64. The topological polar surface area (TPSA) is 124 Å². The first-order valence-electron chi connectivity index (χ1n) is 8.74. The van der Waals surface area contributed by atoms with Crippen LogP contribution < -0.4 is 10.2 Å². The second kappa shape index (κ2) is 10.8. The number of aromatic hydroxyl groups is 1. The van der Waals surface area contributed by atoms with Crippen LogP contribution in [0.1, 0.15) is 12.5 Å². The minimum Gasteiger partial charge on any atom is -0.507 e. The van der Waals surface area contributed by atoms with E-state index in [9.17, 15) is 27.9 Å². The lowest BCUT2D eigenvalue weighted by atomic mass is 10.2. The first-order chi connectivity index (χ1) is 15.5. The van der Waals surface area contributed by atoms with Gasteiger partial charge in [-0.3, -0.25) is 10.2 Å². The van der Waals surface area contributed by atoms with Crippen LogP contribution >= 0.6 is 23.2 Å². The standard InChI is InChI=1S/C19H13Cl2F3N4O5/c1-2-32-18(31)28(9-25)16(30)8-26-27-10-5-13(20)17(14(21)6-10)33-11-3-4-15(29)12(7-11)19(22,23)24/h3-8,27,29H,2H2,1H3. The van der Waals surface area contributed by atoms with E-state index < -0.39 is 29.5 Å². The maximum atomic E-state index is 12.9. The molecular formula is C19H13Cl2F3N4O5. The number of rotatable bonds is 6. The van der Waals surface area contributed by atoms with Crippen LogP contribution in [0.15, 0.2) is 35.4 Å². The van der Waals surface area contributed by atoms with Gasteiger partial charge in [-0.2, -0.15) is 23.5 Å². The number of halogens is 5. The number of carbonyl (C=O) groups is 2. The van der Waals surface area contributed by atoms with Gasteiger partial charge in [-0.25, -0.2) is 4.79 Å². The second-order valence-corrected chi connectivity index (χ2v) is 6.70. The van der Waals surface area contributed by atoms with Gasteiger partial charge in [0.2, 0.25) is 0 Å². The first kappa shape index (κ1) is 25.6. The van der Waals surface area contributed by atoms with E-state index in [0.717, 1.165) is 12.1 Å². The molecule has 0 bridgehead atoms. The van der Waals surface area contributed by atoms with Crippen molar-refractivity contribution >= 4 is 47.1 Å². The Hall–Kier alpha value is -3.69. The largest absolute Gasteiger partial charge is 0.507 e. The molecule has 2 rings (SSSR count). The lowest BCUT2D eigenvalue weighted by molar-refractivity contribution is -0.138. The molecule has 0 fully saturated rings. The minimum absolute atomic E-state index is 0.0488. The molecule has 0 aliphatic rings. The number of hydrogen-bond donors (Lipinski definition) is 2. The quantitative estimate of drug-likeness (QED) is 0.234. The number of nitrogens with zero attached hydrogens (tertiary/aromatic N) is 3. The fourth-order valence-electron chi connectivity index (χ4n) is 2.23. The third-order valence-electron chi connectivity index (χ3n) is 3.63. The molecule has 0 aliphatic heterocycles. The van der Waals surface area contributed by atoms with Gasteiger partial charge in [0.15, 0.2) is 11.9 Å². The van der Waals surface area contributed by atoms with Crippen LogP contribution in [0.5, 0.6) is 17.2 Å². The van der Waals surface area contributed by atoms with Crippen LogP contribution in [0.4, 0.5) is 23.7 Å². The SMILES string of the molecule is CCOC(=O)N(C#N)C(=O)C=NNc1cc(Cl)c(Oc2ccc(O)c(C(F)(F)F)c2)c(Cl)c1. The Bertz CT molecular complexity index is 1110. The Morgan fingerprint density at radius 3 is 2.45 bits per heavy atom. The maximum Gasteiger partial charge on any atom is 0.430 e. The highest BCUT2D eigenvalue weighted by Crippen LogP contribution is 2.42. The number of ether oxygens (including phenoxy) is 2. The van der Waals surface area contributed by atoms with E-state index in [4.69, 9.17) is 33.2 Å². The Labute approximate surface area is 194 Å². The van der Waals surface area contributed by atoms with E-state index in [2.05, 4.69) is 15.3 Å². The molecule has 9 nitrogen and oxygen atoms in total. The van der Waals surface area contributed by atoms with Crippen LogP contribution in [0, 0.1) is 11.5 Å². The van der Waals surface area contributed by atoms with E-state index in [1.165, 1.54) is 25.2 Å². The summed E-state index contributed by atoms with van der Waals surface area (Å²) in [6.07, 6.45) is -4.01. The van der Waals surface area contributed by atoms with E-state index in [-0.39, 0.29) is 38.7 Å². The van der Waals surface area contributed by atoms with Gasteiger partial charge in [0.05, 0.1) is 22.3 Å². The van der Waals surface area contributed by atoms with Gasteiger partial charge in [0, 0.05) is 0 Å². The first-order valence-corrected chi connectivity index (χ1v) is 9.50. The fourth-order valence-corrected chi connectivity index (χ4v) is 2.80. The smallest absolute Gasteiger partial charge is 0.430 e. The minimum atomic E-state index is -4.81. The van der Waals surface area contributed by atoms with Crippen LogP contribution in [0.2, 0.25) is 10.0 Å². The summed E-state index contributed by atoms with van der Waals surface area (Å²) in [5, 5.41) is 21.6. The number of nitrogens with one attached hydrogen (secondary N) is 1. The molecule has 0 radical (unpaired) electrons. The van der Waals surface area contributed by atoms with Crippen molar-refractivity contribution < 1.29 is 37.3 Å². The van der Waals surface area contributed by atoms with Crippen molar-refractivity contribution in [2.24, 2.45) is 5.10 Å². The van der Waals surface area contributed by atoms with Crippen LogP contribution in [0.25, 0.3) is 0 Å². The molecule has 0 spiro atoms. The summed E-state index contributed by atoms with van der Waals surface area (Å²) < 4.78 is 48.7. The molecule has 0 heterocycles. The number of hydrogen-bond acceptors (Lipinski definition) is 8. The number of benzene rings is 2. The second-order valence-electron chi connectivity index (χ2n) is 5.89. The highest BCUT2D eigenvalue weighted by atomic mass is 35.5. The Balaban J connectivity index is 2.16. The summed E-state index contributed by atoms with van der Waals surface area (Å²) in [6.45, 7) is 1.44. The highest BCUT2D eigenvalue weighted by molar-refractivity contribution is 6.37. The molecule has 33 heavy (non-hydrogen) atoms. The molecule has 14 heteroatoms. The molecule has 0 atom stereocenters. The molecule has 0 aromatic heterocycles. The number of hydrazone groups is 1.